The van der Waals surface area contributed by atoms with Crippen molar-refractivity contribution in [2.75, 3.05) is 0 Å². The van der Waals surface area contributed by atoms with Gasteiger partial charge in [0.15, 0.2) is 0 Å². The Bertz CT molecular complexity index is 1160. The summed E-state index contributed by atoms with van der Waals surface area (Å²) in [5.41, 5.74) is 1.65. The van der Waals surface area contributed by atoms with Crippen molar-refractivity contribution in [1.82, 2.24) is 21.3 Å². The number of aliphatic hydroxyl groups excluding tert-OH is 1. The predicted octanol–water partition coefficient (Wildman–Crippen LogP) is 1.93. The molecule has 0 bridgehead atoms. The molecule has 0 aromatic heterocycles. The molecule has 5 N–H and O–H groups in total. The first-order chi connectivity index (χ1) is 20.0. The van der Waals surface area contributed by atoms with Crippen LogP contribution in [-0.2, 0) is 36.9 Å². The minimum atomic E-state index is -1.10. The topological polar surface area (TPSA) is 163 Å². The summed E-state index contributed by atoms with van der Waals surface area (Å²) >= 11 is 0. The number of aliphatic hydroxyl groups is 1. The van der Waals surface area contributed by atoms with Crippen molar-refractivity contribution in [3.8, 4) is 0 Å². The van der Waals surface area contributed by atoms with E-state index in [1.54, 1.807) is 32.3 Å². The Morgan fingerprint density at radius 1 is 0.786 bits per heavy atom. The normalized spacial score (nSPS) is 14.4. The third kappa shape index (κ3) is 12.1. The highest BCUT2D eigenvalue weighted by Crippen LogP contribution is 2.11. The van der Waals surface area contributed by atoms with Crippen LogP contribution in [0.2, 0.25) is 0 Å². The van der Waals surface area contributed by atoms with Crippen molar-refractivity contribution in [3.63, 3.8) is 0 Å². The second-order valence-electron chi connectivity index (χ2n) is 10.5. The molecule has 5 atom stereocenters. The number of hydrogen-bond donors (Lipinski definition) is 5. The lowest BCUT2D eigenvalue weighted by molar-refractivity contribution is -0.130. The predicted molar refractivity (Wildman–Crippen MR) is 157 cm³/mol. The van der Waals surface area contributed by atoms with Crippen molar-refractivity contribution in [3.05, 3.63) is 71.8 Å². The molecular formula is C31H41N4O7. The average molecular weight is 582 g/mol. The standard InChI is InChI=1S/C31H41N4O7/c1-20(2)26(18-36)34-28(38)16-15-27(37)25(17-23-11-7-5-8-12-23)35-30(40)21(3)32-29(39)22(4)33-31(41)42-19-24-13-9-6-10-14-24/h5-14,20-22,25-27,37H,15-17,19H2,1-4H3,(H,32,39)(H,33,41)(H,34,38)(H,35,40)/t21?,22?,25-,26?,27-/m0/s1. The zero-order chi connectivity index (χ0) is 31.1. The molecule has 11 nitrogen and oxygen atoms in total. The first-order valence-electron chi connectivity index (χ1n) is 14.0. The number of rotatable bonds is 16. The van der Waals surface area contributed by atoms with Gasteiger partial charge in [-0.05, 0) is 43.7 Å². The van der Waals surface area contributed by atoms with E-state index < -0.39 is 54.1 Å². The smallest absolute Gasteiger partial charge is 0.408 e. The number of hydrogen-bond acceptors (Lipinski definition) is 7. The second-order valence-corrected chi connectivity index (χ2v) is 10.5. The molecule has 2 aromatic carbocycles. The third-order valence-electron chi connectivity index (χ3n) is 6.56. The Morgan fingerprint density at radius 2 is 1.33 bits per heavy atom. The lowest BCUT2D eigenvalue weighted by atomic mass is 9.97. The fraction of sp³-hybridized carbons (Fsp3) is 0.452. The van der Waals surface area contributed by atoms with E-state index in [1.165, 1.54) is 13.8 Å². The van der Waals surface area contributed by atoms with E-state index in [1.807, 2.05) is 48.5 Å². The Hall–Kier alpha value is -4.25. The molecule has 0 saturated carbocycles. The molecule has 0 heterocycles. The van der Waals surface area contributed by atoms with Gasteiger partial charge in [0.2, 0.25) is 24.0 Å². The Labute approximate surface area is 246 Å². The molecule has 0 spiro atoms. The van der Waals surface area contributed by atoms with Crippen LogP contribution in [0.5, 0.6) is 0 Å². The van der Waals surface area contributed by atoms with Gasteiger partial charge in [-0.25, -0.2) is 4.79 Å². The summed E-state index contributed by atoms with van der Waals surface area (Å²) < 4.78 is 5.13. The van der Waals surface area contributed by atoms with Crippen molar-refractivity contribution in [2.24, 2.45) is 5.92 Å². The summed E-state index contributed by atoms with van der Waals surface area (Å²) in [5.74, 6) is -1.69. The van der Waals surface area contributed by atoms with Gasteiger partial charge in [-0.2, -0.15) is 0 Å². The van der Waals surface area contributed by atoms with Crippen LogP contribution in [0.3, 0.4) is 0 Å². The lowest BCUT2D eigenvalue weighted by Gasteiger charge is -2.27. The van der Waals surface area contributed by atoms with E-state index in [0.29, 0.717) is 0 Å². The molecule has 1 radical (unpaired) electrons. The van der Waals surface area contributed by atoms with Gasteiger partial charge in [0, 0.05) is 6.42 Å². The molecule has 0 aliphatic heterocycles. The molecule has 3 unspecified atom stereocenters. The van der Waals surface area contributed by atoms with Gasteiger partial charge in [0.1, 0.15) is 18.7 Å². The molecule has 0 fully saturated rings. The number of benzene rings is 2. The molecule has 42 heavy (non-hydrogen) atoms. The SMILES string of the molecule is CC(NC(=O)OCc1ccccc1)C(=O)NC(C)C(=O)N[C@@H](Cc1ccccc1)[C@@H](O)CCC(=O)NC([C]=O)C(C)C. The van der Waals surface area contributed by atoms with Gasteiger partial charge in [0.05, 0.1) is 18.2 Å². The maximum absolute atomic E-state index is 13.0. The molecule has 0 aliphatic carbocycles. The van der Waals surface area contributed by atoms with Crippen molar-refractivity contribution in [2.45, 2.75) is 83.8 Å². The Kier molecular flexibility index (Phi) is 14.2. The van der Waals surface area contributed by atoms with Gasteiger partial charge in [-0.15, -0.1) is 0 Å². The van der Waals surface area contributed by atoms with Crippen molar-refractivity contribution >= 4 is 30.1 Å². The summed E-state index contributed by atoms with van der Waals surface area (Å²) in [6, 6.07) is 14.8. The number of nitrogens with one attached hydrogen (secondary N) is 4. The number of alkyl carbamates (subject to hydrolysis) is 1. The van der Waals surface area contributed by atoms with E-state index in [-0.39, 0.29) is 31.8 Å². The van der Waals surface area contributed by atoms with E-state index in [2.05, 4.69) is 21.3 Å². The first-order valence-corrected chi connectivity index (χ1v) is 14.0. The summed E-state index contributed by atoms with van der Waals surface area (Å²) in [7, 11) is 0. The van der Waals surface area contributed by atoms with Crippen LogP contribution in [0.1, 0.15) is 51.7 Å². The second kappa shape index (κ2) is 17.5. The summed E-state index contributed by atoms with van der Waals surface area (Å²) in [4.78, 5) is 61.2. The van der Waals surface area contributed by atoms with Crippen LogP contribution in [0, 0.1) is 5.92 Å². The molecule has 2 aromatic rings. The maximum atomic E-state index is 13.0. The highest BCUT2D eigenvalue weighted by Gasteiger charge is 2.27. The number of carbonyl (C=O) groups is 4. The first kappa shape index (κ1) is 34.0. The monoisotopic (exact) mass is 581 g/mol. The van der Waals surface area contributed by atoms with Crippen LogP contribution in [-0.4, -0.2) is 65.5 Å². The van der Waals surface area contributed by atoms with Crippen molar-refractivity contribution < 1.29 is 33.8 Å². The molecule has 11 heteroatoms. The Balaban J connectivity index is 1.93. The fourth-order valence-electron chi connectivity index (χ4n) is 3.93. The van der Waals surface area contributed by atoms with E-state index in [0.717, 1.165) is 11.1 Å². The number of amides is 4. The molecule has 0 saturated heterocycles. The van der Waals surface area contributed by atoms with Crippen LogP contribution in [0.25, 0.3) is 0 Å². The quantitative estimate of drug-likeness (QED) is 0.202. The van der Waals surface area contributed by atoms with E-state index in [4.69, 9.17) is 4.74 Å². The van der Waals surface area contributed by atoms with Gasteiger partial charge in [0.25, 0.3) is 0 Å². The third-order valence-corrected chi connectivity index (χ3v) is 6.56. The zero-order valence-corrected chi connectivity index (χ0v) is 24.5. The van der Waals surface area contributed by atoms with Gasteiger partial charge >= 0.3 is 6.09 Å². The molecule has 0 aliphatic rings. The molecule has 4 amide bonds. The number of ether oxygens (including phenoxy) is 1. The minimum Gasteiger partial charge on any atom is -0.445 e. The lowest BCUT2D eigenvalue weighted by Crippen LogP contribution is -2.55. The fourth-order valence-corrected chi connectivity index (χ4v) is 3.93. The van der Waals surface area contributed by atoms with Crippen LogP contribution < -0.4 is 21.3 Å². The van der Waals surface area contributed by atoms with E-state index in [9.17, 15) is 29.1 Å². The highest BCUT2D eigenvalue weighted by molar-refractivity contribution is 5.91. The van der Waals surface area contributed by atoms with Gasteiger partial charge < -0.3 is 31.1 Å². The molecular weight excluding hydrogens is 540 g/mol. The van der Waals surface area contributed by atoms with E-state index >= 15 is 0 Å². The van der Waals surface area contributed by atoms with Crippen LogP contribution >= 0.6 is 0 Å². The van der Waals surface area contributed by atoms with Gasteiger partial charge in [-0.3, -0.25) is 19.2 Å². The maximum Gasteiger partial charge on any atom is 0.408 e. The average Bonchev–Trinajstić information content (AvgIpc) is 2.97. The summed E-state index contributed by atoms with van der Waals surface area (Å²) in [6.45, 7) is 6.55. The van der Waals surface area contributed by atoms with Crippen LogP contribution in [0.15, 0.2) is 60.7 Å². The minimum absolute atomic E-state index is 0.0279. The highest BCUT2D eigenvalue weighted by atomic mass is 16.5. The largest absolute Gasteiger partial charge is 0.445 e. The summed E-state index contributed by atoms with van der Waals surface area (Å²) in [5, 5.41) is 21.3. The molecule has 227 valence electrons. The van der Waals surface area contributed by atoms with Crippen molar-refractivity contribution in [1.29, 1.82) is 0 Å². The van der Waals surface area contributed by atoms with Gasteiger partial charge in [-0.1, -0.05) is 74.5 Å². The van der Waals surface area contributed by atoms with Crippen LogP contribution in [0.4, 0.5) is 4.79 Å². The molecule has 2 rings (SSSR count). The zero-order valence-electron chi connectivity index (χ0n) is 24.5. The number of carbonyl (C=O) groups excluding carboxylic acids is 5. The summed E-state index contributed by atoms with van der Waals surface area (Å²) in [6.07, 6.45) is 0.157. The Morgan fingerprint density at radius 3 is 1.90 bits per heavy atom.